The first-order valence-electron chi connectivity index (χ1n) is 5.48. The number of carbonyl (C=O) groups is 4. The van der Waals surface area contributed by atoms with Crippen LogP contribution in [0.1, 0.15) is 0 Å². The summed E-state index contributed by atoms with van der Waals surface area (Å²) in [6.45, 7) is -2.75. The van der Waals surface area contributed by atoms with Crippen LogP contribution in [0.5, 0.6) is 0 Å². The third kappa shape index (κ3) is 15.4. The van der Waals surface area contributed by atoms with Gasteiger partial charge in [-0.2, -0.15) is 0 Å². The molecule has 114 valence electrons. The van der Waals surface area contributed by atoms with Gasteiger partial charge >= 0.3 is 49.7 Å². The van der Waals surface area contributed by atoms with E-state index in [0.29, 0.717) is 0 Å². The smallest absolute Gasteiger partial charge is 0.549 e. The minimum atomic E-state index is -1.51. The van der Waals surface area contributed by atoms with Crippen LogP contribution in [0.15, 0.2) is 0 Å². The predicted molar refractivity (Wildman–Crippen MR) is 58.2 cm³/mol. The van der Waals surface area contributed by atoms with E-state index in [1.165, 1.54) is 0 Å². The minimum Gasteiger partial charge on any atom is -0.549 e. The summed E-state index contributed by atoms with van der Waals surface area (Å²) in [7, 11) is 0. The molecule has 22 heavy (non-hydrogen) atoms. The van der Waals surface area contributed by atoms with Gasteiger partial charge in [-0.15, -0.1) is 0 Å². The van der Waals surface area contributed by atoms with E-state index in [0.717, 1.165) is 9.80 Å². The number of carboxylic acids is 4. The van der Waals surface area contributed by atoms with E-state index in [4.69, 9.17) is 10.2 Å². The standard InChI is InChI=1S/C10H16N2O8.2Li/c13-7(14)3-11(4-8(15)16)1-2-12(5-9(17)18)6-10(19)20;;/h1-6H2,(H,13,14)(H,15,16)(H,17,18)(H,19,20);;/q;2*+1/p-2. The number of carboxylic acid groups (broad SMARTS) is 4. The summed E-state index contributed by atoms with van der Waals surface area (Å²) >= 11 is 0. The normalized spacial score (nSPS) is 9.73. The van der Waals surface area contributed by atoms with E-state index in [1.54, 1.807) is 0 Å². The molecule has 0 rings (SSSR count). The molecule has 0 radical (unpaired) electrons. The molecule has 0 saturated heterocycles. The number of carbonyl (C=O) groups excluding carboxylic acids is 2. The van der Waals surface area contributed by atoms with Gasteiger partial charge in [-0.05, 0) is 0 Å². The fourth-order valence-electron chi connectivity index (χ4n) is 1.46. The Morgan fingerprint density at radius 1 is 0.682 bits per heavy atom. The van der Waals surface area contributed by atoms with Gasteiger partial charge in [-0.1, -0.05) is 0 Å². The fraction of sp³-hybridized carbons (Fsp3) is 0.600. The van der Waals surface area contributed by atoms with E-state index < -0.39 is 50.1 Å². The summed E-state index contributed by atoms with van der Waals surface area (Å²) in [5, 5.41) is 38.0. The second-order valence-corrected chi connectivity index (χ2v) is 3.95. The van der Waals surface area contributed by atoms with Crippen LogP contribution < -0.4 is 47.9 Å². The molecule has 0 aliphatic rings. The maximum atomic E-state index is 10.5. The van der Waals surface area contributed by atoms with Gasteiger partial charge < -0.3 is 30.0 Å². The SMILES string of the molecule is O=C([O-])CN(CCN(CC(=O)O)CC(=O)O)CC(=O)[O-].[Li+].[Li+]. The van der Waals surface area contributed by atoms with Gasteiger partial charge in [0.2, 0.25) is 0 Å². The van der Waals surface area contributed by atoms with Gasteiger partial charge in [0.15, 0.2) is 0 Å². The monoisotopic (exact) mass is 304 g/mol. The maximum Gasteiger partial charge on any atom is 1.00 e. The minimum absolute atomic E-state index is 0. The van der Waals surface area contributed by atoms with Crippen molar-refractivity contribution in [2.24, 2.45) is 0 Å². The van der Waals surface area contributed by atoms with Crippen molar-refractivity contribution in [1.29, 1.82) is 0 Å². The molecule has 10 nitrogen and oxygen atoms in total. The number of nitrogens with zero attached hydrogens (tertiary/aromatic N) is 2. The molecule has 0 aromatic heterocycles. The Morgan fingerprint density at radius 3 is 1.18 bits per heavy atom. The van der Waals surface area contributed by atoms with E-state index in [9.17, 15) is 29.4 Å². The van der Waals surface area contributed by atoms with Crippen LogP contribution >= 0.6 is 0 Å². The van der Waals surface area contributed by atoms with Crippen LogP contribution in [0.3, 0.4) is 0 Å². The van der Waals surface area contributed by atoms with Crippen molar-refractivity contribution in [2.75, 3.05) is 39.3 Å². The molecule has 0 spiro atoms. The van der Waals surface area contributed by atoms with Gasteiger partial charge in [-0.25, -0.2) is 0 Å². The van der Waals surface area contributed by atoms with Gasteiger partial charge in [0, 0.05) is 26.2 Å². The molecule has 0 bridgehead atoms. The van der Waals surface area contributed by atoms with Crippen molar-refractivity contribution in [3.8, 4) is 0 Å². The average Bonchev–Trinajstić information content (AvgIpc) is 2.22. The Morgan fingerprint density at radius 2 is 0.955 bits per heavy atom. The van der Waals surface area contributed by atoms with Crippen LogP contribution in [0.4, 0.5) is 0 Å². The summed E-state index contributed by atoms with van der Waals surface area (Å²) < 4.78 is 0. The van der Waals surface area contributed by atoms with Crippen molar-refractivity contribution in [3.63, 3.8) is 0 Å². The topological polar surface area (TPSA) is 161 Å². The van der Waals surface area contributed by atoms with Crippen molar-refractivity contribution in [1.82, 2.24) is 9.80 Å². The molecule has 0 aromatic carbocycles. The Hall–Kier alpha value is -1.01. The number of aliphatic carboxylic acids is 4. The molecule has 0 aliphatic heterocycles. The van der Waals surface area contributed by atoms with Crippen molar-refractivity contribution in [3.05, 3.63) is 0 Å². The first-order valence-corrected chi connectivity index (χ1v) is 5.48. The third-order valence-corrected chi connectivity index (χ3v) is 2.16. The van der Waals surface area contributed by atoms with Crippen LogP contribution in [-0.4, -0.2) is 83.2 Å². The van der Waals surface area contributed by atoms with E-state index in [-0.39, 0.29) is 50.8 Å². The summed E-state index contributed by atoms with van der Waals surface area (Å²) in [5.74, 6) is -5.52. The van der Waals surface area contributed by atoms with Gasteiger partial charge in [0.05, 0.1) is 25.0 Å². The summed E-state index contributed by atoms with van der Waals surface area (Å²) in [6.07, 6.45) is 0. The Balaban J connectivity index is -0.00000180. The molecule has 0 unspecified atom stereocenters. The van der Waals surface area contributed by atoms with Crippen LogP contribution in [0.2, 0.25) is 0 Å². The first kappa shape index (κ1) is 25.9. The predicted octanol–water partition coefficient (Wildman–Crippen LogP) is -10.7. The largest absolute Gasteiger partial charge is 1.00 e. The molecule has 0 aliphatic carbocycles. The third-order valence-electron chi connectivity index (χ3n) is 2.16. The number of hydrogen-bond acceptors (Lipinski definition) is 8. The van der Waals surface area contributed by atoms with Crippen LogP contribution in [-0.2, 0) is 19.2 Å². The Bertz CT molecular complexity index is 325. The molecule has 0 fully saturated rings. The van der Waals surface area contributed by atoms with Gasteiger partial charge in [0.25, 0.3) is 0 Å². The van der Waals surface area contributed by atoms with Gasteiger partial charge in [0.1, 0.15) is 0 Å². The Kier molecular flexibility index (Phi) is 16.1. The van der Waals surface area contributed by atoms with Crippen molar-refractivity contribution in [2.45, 2.75) is 0 Å². The fourth-order valence-corrected chi connectivity index (χ4v) is 1.46. The number of hydrogen-bond donors (Lipinski definition) is 2. The molecular formula is C10H14Li2N2O8. The molecule has 0 aromatic rings. The molecule has 0 heterocycles. The van der Waals surface area contributed by atoms with E-state index in [1.807, 2.05) is 0 Å². The molecule has 0 saturated carbocycles. The molecule has 2 N–H and O–H groups in total. The second-order valence-electron chi connectivity index (χ2n) is 3.95. The van der Waals surface area contributed by atoms with E-state index in [2.05, 4.69) is 0 Å². The second kappa shape index (κ2) is 13.6. The van der Waals surface area contributed by atoms with Crippen molar-refractivity contribution >= 4 is 23.9 Å². The molecule has 12 heteroatoms. The zero-order valence-corrected chi connectivity index (χ0v) is 12.5. The summed E-state index contributed by atoms with van der Waals surface area (Å²) in [4.78, 5) is 43.9. The Labute approximate surface area is 150 Å². The van der Waals surface area contributed by atoms with Crippen LogP contribution in [0, 0.1) is 0 Å². The molecule has 0 amide bonds. The molecule has 0 atom stereocenters. The van der Waals surface area contributed by atoms with Crippen LogP contribution in [0.25, 0.3) is 0 Å². The quantitative estimate of drug-likeness (QED) is 0.350. The van der Waals surface area contributed by atoms with Crippen molar-refractivity contribution < 1.29 is 77.3 Å². The zero-order valence-electron chi connectivity index (χ0n) is 12.5. The number of rotatable bonds is 11. The zero-order chi connectivity index (χ0) is 15.7. The average molecular weight is 304 g/mol. The summed E-state index contributed by atoms with van der Waals surface area (Å²) in [6, 6.07) is 0. The van der Waals surface area contributed by atoms with Gasteiger partial charge in [-0.3, -0.25) is 19.4 Å². The maximum absolute atomic E-state index is 10.5. The van der Waals surface area contributed by atoms with E-state index >= 15 is 0 Å². The molecular weight excluding hydrogens is 290 g/mol. The first-order chi connectivity index (χ1) is 9.20. The summed E-state index contributed by atoms with van der Waals surface area (Å²) in [5.41, 5.74) is 0.